The van der Waals surface area contributed by atoms with Crippen LogP contribution < -0.4 is 15.2 Å². The average molecular weight is 359 g/mol. The molecule has 3 rings (SSSR count). The summed E-state index contributed by atoms with van der Waals surface area (Å²) in [5.74, 6) is 0.118. The number of rotatable bonds is 5. The summed E-state index contributed by atoms with van der Waals surface area (Å²) in [6.45, 7) is 0.301. The first-order valence-electron chi connectivity index (χ1n) is 7.84. The quantitative estimate of drug-likeness (QED) is 0.619. The lowest BCUT2D eigenvalue weighted by Crippen LogP contribution is -2.17. The van der Waals surface area contributed by atoms with Gasteiger partial charge in [0, 0.05) is 5.56 Å². The highest BCUT2D eigenvalue weighted by Gasteiger charge is 2.32. The Bertz CT molecular complexity index is 880. The Morgan fingerprint density at radius 2 is 1.50 bits per heavy atom. The molecule has 0 saturated carbocycles. The Labute approximate surface area is 148 Å². The third-order valence-corrected chi connectivity index (χ3v) is 3.67. The van der Waals surface area contributed by atoms with Crippen LogP contribution in [0.5, 0.6) is 11.5 Å². The molecule has 0 bridgehead atoms. The van der Waals surface area contributed by atoms with Gasteiger partial charge in [0.2, 0.25) is 0 Å². The van der Waals surface area contributed by atoms with Crippen LogP contribution in [0.15, 0.2) is 72.8 Å². The Kier molecular flexibility index (Phi) is 5.02. The average Bonchev–Trinajstić information content (AvgIpc) is 2.61. The van der Waals surface area contributed by atoms with E-state index < -0.39 is 6.36 Å². The maximum Gasteiger partial charge on any atom is 0.573 e. The Balaban J connectivity index is 1.88. The van der Waals surface area contributed by atoms with Crippen molar-refractivity contribution in [3.05, 3.63) is 78.4 Å². The van der Waals surface area contributed by atoms with Crippen molar-refractivity contribution in [2.45, 2.75) is 13.0 Å². The van der Waals surface area contributed by atoms with Gasteiger partial charge in [-0.05, 0) is 29.3 Å². The van der Waals surface area contributed by atoms with Crippen molar-refractivity contribution in [3.8, 4) is 22.6 Å². The molecular weight excluding hydrogens is 343 g/mol. The molecule has 0 aliphatic heterocycles. The summed E-state index contributed by atoms with van der Waals surface area (Å²) in [7, 11) is 0. The minimum Gasteiger partial charge on any atom is -0.487 e. The number of ether oxygens (including phenoxy) is 2. The first kappa shape index (κ1) is 17.7. The Morgan fingerprint density at radius 3 is 2.23 bits per heavy atom. The van der Waals surface area contributed by atoms with Crippen LogP contribution in [0, 0.1) is 0 Å². The van der Waals surface area contributed by atoms with Crippen molar-refractivity contribution in [2.75, 3.05) is 5.73 Å². The van der Waals surface area contributed by atoms with E-state index in [2.05, 4.69) is 4.74 Å². The van der Waals surface area contributed by atoms with Gasteiger partial charge in [-0.15, -0.1) is 13.2 Å². The topological polar surface area (TPSA) is 44.5 Å². The highest BCUT2D eigenvalue weighted by molar-refractivity contribution is 5.74. The molecule has 134 valence electrons. The lowest BCUT2D eigenvalue weighted by Gasteiger charge is -2.15. The highest BCUT2D eigenvalue weighted by Crippen LogP contribution is 2.36. The fourth-order valence-electron chi connectivity index (χ4n) is 2.48. The number of hydrogen-bond acceptors (Lipinski definition) is 3. The smallest absolute Gasteiger partial charge is 0.487 e. The van der Waals surface area contributed by atoms with Gasteiger partial charge in [-0.2, -0.15) is 0 Å². The molecule has 0 aliphatic rings. The van der Waals surface area contributed by atoms with Gasteiger partial charge in [-0.25, -0.2) is 0 Å². The van der Waals surface area contributed by atoms with Crippen molar-refractivity contribution in [1.82, 2.24) is 0 Å². The molecular formula is C20H16F3NO2. The number of nitrogen functional groups attached to an aromatic ring is 1. The van der Waals surface area contributed by atoms with Gasteiger partial charge in [-0.3, -0.25) is 0 Å². The van der Waals surface area contributed by atoms with E-state index in [-0.39, 0.29) is 5.75 Å². The van der Waals surface area contributed by atoms with Gasteiger partial charge < -0.3 is 15.2 Å². The van der Waals surface area contributed by atoms with Crippen LogP contribution in [0.4, 0.5) is 18.9 Å². The fourth-order valence-corrected chi connectivity index (χ4v) is 2.48. The van der Waals surface area contributed by atoms with E-state index >= 15 is 0 Å². The molecule has 3 aromatic rings. The standard InChI is InChI=1S/C20H16F3NO2/c21-20(22,23)26-18-9-5-4-8-16(18)15-10-11-17(24)19(12-15)25-13-14-6-2-1-3-7-14/h1-12H,13,24H2. The number of hydrogen-bond donors (Lipinski definition) is 1. The Morgan fingerprint density at radius 1 is 0.808 bits per heavy atom. The summed E-state index contributed by atoms with van der Waals surface area (Å²) in [4.78, 5) is 0. The number of anilines is 1. The van der Waals surface area contributed by atoms with Crippen LogP contribution in [-0.2, 0) is 6.61 Å². The fraction of sp³-hybridized carbons (Fsp3) is 0.100. The zero-order valence-corrected chi connectivity index (χ0v) is 13.7. The molecule has 0 fully saturated rings. The van der Waals surface area contributed by atoms with E-state index in [1.807, 2.05) is 30.3 Å². The van der Waals surface area contributed by atoms with Crippen LogP contribution in [0.25, 0.3) is 11.1 Å². The Hall–Kier alpha value is -3.15. The highest BCUT2D eigenvalue weighted by atomic mass is 19.4. The maximum atomic E-state index is 12.6. The lowest BCUT2D eigenvalue weighted by atomic mass is 10.0. The lowest BCUT2D eigenvalue weighted by molar-refractivity contribution is -0.274. The van der Waals surface area contributed by atoms with Gasteiger partial charge >= 0.3 is 6.36 Å². The predicted molar refractivity (Wildman–Crippen MR) is 93.7 cm³/mol. The SMILES string of the molecule is Nc1ccc(-c2ccccc2OC(F)(F)F)cc1OCc1ccccc1. The number of benzene rings is 3. The minimum atomic E-state index is -4.77. The maximum absolute atomic E-state index is 12.6. The van der Waals surface area contributed by atoms with Crippen molar-refractivity contribution in [1.29, 1.82) is 0 Å². The molecule has 0 spiro atoms. The van der Waals surface area contributed by atoms with Crippen molar-refractivity contribution < 1.29 is 22.6 Å². The van der Waals surface area contributed by atoms with Crippen molar-refractivity contribution in [2.24, 2.45) is 0 Å². The monoisotopic (exact) mass is 359 g/mol. The first-order valence-corrected chi connectivity index (χ1v) is 7.84. The van der Waals surface area contributed by atoms with E-state index in [1.54, 1.807) is 30.3 Å². The second-order valence-corrected chi connectivity index (χ2v) is 5.57. The molecule has 6 heteroatoms. The summed E-state index contributed by atoms with van der Waals surface area (Å²) >= 11 is 0. The summed E-state index contributed by atoms with van der Waals surface area (Å²) in [6, 6.07) is 20.3. The van der Waals surface area contributed by atoms with Gasteiger partial charge in [0.15, 0.2) is 0 Å². The predicted octanol–water partition coefficient (Wildman–Crippen LogP) is 5.41. The second kappa shape index (κ2) is 7.39. The summed E-state index contributed by atoms with van der Waals surface area (Å²) in [5.41, 5.74) is 8.11. The molecule has 3 nitrogen and oxygen atoms in total. The molecule has 2 N–H and O–H groups in total. The third kappa shape index (κ3) is 4.47. The van der Waals surface area contributed by atoms with E-state index in [4.69, 9.17) is 10.5 Å². The van der Waals surface area contributed by atoms with Gasteiger partial charge in [0.05, 0.1) is 5.69 Å². The van der Waals surface area contributed by atoms with Crippen LogP contribution in [0.1, 0.15) is 5.56 Å². The van der Waals surface area contributed by atoms with Gasteiger partial charge in [0.1, 0.15) is 18.1 Å². The number of para-hydroxylation sites is 1. The second-order valence-electron chi connectivity index (χ2n) is 5.57. The number of halogens is 3. The zero-order chi connectivity index (χ0) is 18.6. The van der Waals surface area contributed by atoms with E-state index in [1.165, 1.54) is 12.1 Å². The van der Waals surface area contributed by atoms with E-state index in [0.29, 0.717) is 29.2 Å². The molecule has 0 aliphatic carbocycles. The summed E-state index contributed by atoms with van der Waals surface area (Å²) < 4.78 is 47.7. The largest absolute Gasteiger partial charge is 0.573 e. The molecule has 0 radical (unpaired) electrons. The first-order chi connectivity index (χ1) is 12.4. The van der Waals surface area contributed by atoms with Crippen LogP contribution in [0.2, 0.25) is 0 Å². The van der Waals surface area contributed by atoms with Crippen LogP contribution in [-0.4, -0.2) is 6.36 Å². The van der Waals surface area contributed by atoms with Crippen LogP contribution in [0.3, 0.4) is 0 Å². The summed E-state index contributed by atoms with van der Waals surface area (Å²) in [6.07, 6.45) is -4.77. The third-order valence-electron chi connectivity index (χ3n) is 3.67. The van der Waals surface area contributed by atoms with E-state index in [9.17, 15) is 13.2 Å². The van der Waals surface area contributed by atoms with Gasteiger partial charge in [-0.1, -0.05) is 54.6 Å². The molecule has 0 unspecified atom stereocenters. The zero-order valence-electron chi connectivity index (χ0n) is 13.7. The van der Waals surface area contributed by atoms with Crippen LogP contribution >= 0.6 is 0 Å². The molecule has 0 atom stereocenters. The molecule has 0 aromatic heterocycles. The molecule has 3 aromatic carbocycles. The normalized spacial score (nSPS) is 11.2. The minimum absolute atomic E-state index is 0.279. The van der Waals surface area contributed by atoms with Gasteiger partial charge in [0.25, 0.3) is 0 Å². The van der Waals surface area contributed by atoms with Crippen molar-refractivity contribution in [3.63, 3.8) is 0 Å². The van der Waals surface area contributed by atoms with Crippen molar-refractivity contribution >= 4 is 5.69 Å². The molecule has 0 amide bonds. The number of alkyl halides is 3. The molecule has 26 heavy (non-hydrogen) atoms. The summed E-state index contributed by atoms with van der Waals surface area (Å²) in [5, 5.41) is 0. The number of nitrogens with two attached hydrogens (primary N) is 1. The van der Waals surface area contributed by atoms with E-state index in [0.717, 1.165) is 5.56 Å². The molecule has 0 saturated heterocycles. The molecule has 0 heterocycles.